The normalized spacial score (nSPS) is 23.3. The predicted molar refractivity (Wildman–Crippen MR) is 171 cm³/mol. The van der Waals surface area contributed by atoms with E-state index in [1.54, 1.807) is 12.1 Å². The molecule has 1 saturated heterocycles. The van der Waals surface area contributed by atoms with Gasteiger partial charge in [0.15, 0.2) is 5.82 Å². The van der Waals surface area contributed by atoms with Crippen molar-refractivity contribution in [2.45, 2.75) is 50.9 Å². The van der Waals surface area contributed by atoms with E-state index in [4.69, 9.17) is 24.6 Å². The number of hydrogen-bond acceptors (Lipinski definition) is 6. The van der Waals surface area contributed by atoms with Crippen molar-refractivity contribution in [1.29, 1.82) is 0 Å². The molecular weight excluding hydrogens is 566 g/mol. The Morgan fingerprint density at radius 3 is 2.76 bits per heavy atom. The number of pyridine rings is 1. The van der Waals surface area contributed by atoms with Crippen LogP contribution >= 0.6 is 0 Å². The molecule has 3 fully saturated rings. The Labute approximate surface area is 264 Å². The van der Waals surface area contributed by atoms with Crippen LogP contribution in [0.3, 0.4) is 0 Å². The molecule has 2 aromatic carbocycles. The van der Waals surface area contributed by atoms with E-state index in [2.05, 4.69) is 9.88 Å². The average Bonchev–Trinajstić information content (AvgIpc) is 3.33. The Morgan fingerprint density at radius 2 is 2.00 bits per heavy atom. The molecule has 10 heteroatoms. The minimum Gasteiger partial charge on any atom is -0.494 e. The van der Waals surface area contributed by atoms with E-state index >= 15 is 0 Å². The zero-order valence-electron chi connectivity index (χ0n) is 27.9. The van der Waals surface area contributed by atoms with Gasteiger partial charge in [-0.05, 0) is 79.5 Å². The summed E-state index contributed by atoms with van der Waals surface area (Å²) >= 11 is 0. The summed E-state index contributed by atoms with van der Waals surface area (Å²) in [5.41, 5.74) is 12.0. The lowest BCUT2D eigenvalue weighted by Gasteiger charge is -2.27. The van der Waals surface area contributed by atoms with Gasteiger partial charge < -0.3 is 29.8 Å². The van der Waals surface area contributed by atoms with Crippen molar-refractivity contribution in [1.82, 2.24) is 29.3 Å². The van der Waals surface area contributed by atoms with Crippen molar-refractivity contribution in [2.24, 2.45) is 24.5 Å². The van der Waals surface area contributed by atoms with Gasteiger partial charge in [0.25, 0.3) is 11.8 Å². The van der Waals surface area contributed by atoms with E-state index in [0.717, 1.165) is 47.9 Å². The molecule has 45 heavy (non-hydrogen) atoms. The number of nitrogens with zero attached hydrogens (tertiary/aromatic N) is 5. The van der Waals surface area contributed by atoms with Crippen LogP contribution in [0.1, 0.15) is 56.1 Å². The lowest BCUT2D eigenvalue weighted by Crippen LogP contribution is -2.41. The third-order valence-corrected chi connectivity index (χ3v) is 10.3. The Balaban J connectivity index is 1.20. The standard InChI is InChI=1S/C35H35N7O3/c1-40-31-26(12-23(14-29(31)45-2)35(44)42-17-22-8-10-27(42)30(22)36)39-33(40)28-13-20-7-9-25(38-32(20)41(28)16-18-3-4-18)19-5-6-21-15-37-34(43)24(21)11-19/h5-7,9,11-14,18,22,27,30H,3-4,8,10,15-17,36H2,1-2H3,(H,37,43)/t22?,27?,30-/m1/s1/i1D3. The number of imidazole rings is 1. The van der Waals surface area contributed by atoms with Gasteiger partial charge in [0, 0.05) is 64.9 Å². The zero-order chi connectivity index (χ0) is 33.1. The number of ether oxygens (including phenoxy) is 1. The molecule has 3 atom stereocenters. The van der Waals surface area contributed by atoms with Crippen LogP contribution in [0.4, 0.5) is 0 Å². The molecule has 2 saturated carbocycles. The fourth-order valence-electron chi connectivity index (χ4n) is 7.66. The second-order valence-electron chi connectivity index (χ2n) is 13.0. The van der Waals surface area contributed by atoms with Crippen molar-refractivity contribution in [3.63, 3.8) is 0 Å². The molecule has 2 amide bonds. The Bertz CT molecular complexity index is 2180. The summed E-state index contributed by atoms with van der Waals surface area (Å²) in [5, 5.41) is 3.71. The second-order valence-corrected chi connectivity index (χ2v) is 13.0. The first-order valence-electron chi connectivity index (χ1n) is 17.2. The van der Waals surface area contributed by atoms with Crippen molar-refractivity contribution < 1.29 is 18.4 Å². The first-order valence-corrected chi connectivity index (χ1v) is 15.7. The van der Waals surface area contributed by atoms with Crippen LogP contribution in [-0.4, -0.2) is 61.6 Å². The molecule has 0 radical (unpaired) electrons. The van der Waals surface area contributed by atoms with Gasteiger partial charge in [-0.1, -0.05) is 12.1 Å². The number of hydrogen-bond donors (Lipinski definition) is 2. The largest absolute Gasteiger partial charge is 0.494 e. The molecular formula is C35H35N7O3. The fourth-order valence-corrected chi connectivity index (χ4v) is 7.66. The van der Waals surface area contributed by atoms with E-state index in [1.807, 2.05) is 41.3 Å². The molecule has 4 aliphatic rings. The maximum Gasteiger partial charge on any atom is 0.254 e. The number of rotatable bonds is 6. The van der Waals surface area contributed by atoms with Crippen molar-refractivity contribution >= 4 is 33.9 Å². The van der Waals surface area contributed by atoms with Gasteiger partial charge in [-0.3, -0.25) is 9.59 Å². The number of carbonyl (C=O) groups excluding carboxylic acids is 2. The highest BCUT2D eigenvalue weighted by Gasteiger charge is 2.47. The number of aromatic nitrogens is 4. The van der Waals surface area contributed by atoms with Crippen LogP contribution < -0.4 is 15.8 Å². The van der Waals surface area contributed by atoms with Crippen molar-refractivity contribution in [3.05, 3.63) is 65.2 Å². The van der Waals surface area contributed by atoms with Gasteiger partial charge in [0.1, 0.15) is 16.9 Å². The zero-order valence-corrected chi connectivity index (χ0v) is 24.9. The summed E-state index contributed by atoms with van der Waals surface area (Å²) in [4.78, 5) is 38.1. The maximum absolute atomic E-state index is 13.8. The molecule has 0 spiro atoms. The second kappa shape index (κ2) is 9.65. The van der Waals surface area contributed by atoms with Gasteiger partial charge in [-0.15, -0.1) is 0 Å². The summed E-state index contributed by atoms with van der Waals surface area (Å²) < 4.78 is 35.0. The van der Waals surface area contributed by atoms with Gasteiger partial charge in [-0.25, -0.2) is 9.97 Å². The molecule has 3 aromatic heterocycles. The number of methoxy groups -OCH3 is 1. The molecule has 9 rings (SSSR count). The lowest BCUT2D eigenvalue weighted by molar-refractivity contribution is 0.0700. The van der Waals surface area contributed by atoms with Crippen molar-refractivity contribution in [2.75, 3.05) is 13.7 Å². The quantitative estimate of drug-likeness (QED) is 0.295. The predicted octanol–water partition coefficient (Wildman–Crippen LogP) is 4.48. The Kier molecular flexibility index (Phi) is 5.07. The molecule has 10 nitrogen and oxygen atoms in total. The van der Waals surface area contributed by atoms with Gasteiger partial charge in [-0.2, -0.15) is 0 Å². The highest BCUT2D eigenvalue weighted by molar-refractivity contribution is 6.01. The summed E-state index contributed by atoms with van der Waals surface area (Å²) in [5.74, 6) is 1.03. The van der Waals surface area contributed by atoms with Crippen LogP contribution in [0, 0.1) is 11.8 Å². The summed E-state index contributed by atoms with van der Waals surface area (Å²) in [6.45, 7) is -0.805. The first-order chi connectivity index (χ1) is 23.1. The van der Waals surface area contributed by atoms with Crippen LogP contribution in [0.25, 0.3) is 44.8 Å². The molecule has 228 valence electrons. The summed E-state index contributed by atoms with van der Waals surface area (Å²) in [6.07, 6.45) is 4.07. The number of nitrogens with one attached hydrogen (secondary N) is 1. The first kappa shape index (κ1) is 23.7. The van der Waals surface area contributed by atoms with Crippen LogP contribution in [0.15, 0.2) is 48.5 Å². The smallest absolute Gasteiger partial charge is 0.254 e. The summed E-state index contributed by atoms with van der Waals surface area (Å²) in [7, 11) is 1.48. The SMILES string of the molecule is [2H]C([2H])([2H])n1c(-c2cc3ccc(-c4ccc5c(c4)C(=O)NC5)nc3n2CC2CC2)nc2cc(C(=O)N3CC4CCC3[C@@H]4N)cc(OC)c21. The average molecular weight is 605 g/mol. The minimum absolute atomic E-state index is 0.00386. The van der Waals surface area contributed by atoms with Crippen molar-refractivity contribution in [3.8, 4) is 28.5 Å². The number of likely N-dealkylation sites (tertiary alicyclic amines) is 1. The monoisotopic (exact) mass is 604 g/mol. The van der Waals surface area contributed by atoms with Crippen LogP contribution in [0.5, 0.6) is 5.75 Å². The fraction of sp³-hybridized carbons (Fsp3) is 0.371. The number of benzene rings is 2. The number of aryl methyl sites for hydroxylation is 1. The lowest BCUT2D eigenvalue weighted by atomic mass is 10.0. The van der Waals surface area contributed by atoms with Crippen LogP contribution in [0.2, 0.25) is 0 Å². The molecule has 2 unspecified atom stereocenters. The molecule has 5 aromatic rings. The number of piperidine rings is 1. The Hall–Kier alpha value is -4.70. The summed E-state index contributed by atoms with van der Waals surface area (Å²) in [6, 6.07) is 14.9. The maximum atomic E-state index is 13.8. The van der Waals surface area contributed by atoms with E-state index in [-0.39, 0.29) is 35.5 Å². The van der Waals surface area contributed by atoms with Gasteiger partial charge in [0.2, 0.25) is 0 Å². The number of fused-ring (bicyclic) bond motifs is 5. The third-order valence-electron chi connectivity index (χ3n) is 10.3. The van der Waals surface area contributed by atoms with Gasteiger partial charge in [0.05, 0.1) is 24.0 Å². The molecule has 2 bridgehead atoms. The van der Waals surface area contributed by atoms with E-state index in [1.165, 1.54) is 11.7 Å². The van der Waals surface area contributed by atoms with Crippen LogP contribution in [-0.2, 0) is 20.1 Å². The number of amides is 2. The number of carbonyl (C=O) groups is 2. The molecule has 2 aliphatic carbocycles. The van der Waals surface area contributed by atoms with E-state index in [9.17, 15) is 9.59 Å². The highest BCUT2D eigenvalue weighted by atomic mass is 16.5. The molecule has 2 aliphatic heterocycles. The molecule has 3 N–H and O–H groups in total. The minimum atomic E-state index is -2.60. The number of nitrogens with two attached hydrogens (primary N) is 1. The molecule has 5 heterocycles. The Morgan fingerprint density at radius 1 is 1.11 bits per heavy atom. The van der Waals surface area contributed by atoms with Gasteiger partial charge >= 0.3 is 0 Å². The van der Waals surface area contributed by atoms with E-state index in [0.29, 0.717) is 65.0 Å². The topological polar surface area (TPSA) is 120 Å². The van der Waals surface area contributed by atoms with E-state index < -0.39 is 6.98 Å². The highest BCUT2D eigenvalue weighted by Crippen LogP contribution is 2.40. The third kappa shape index (κ3) is 4.04.